The number of nitrogens with zero attached hydrogens (tertiary/aromatic N) is 1. The Balaban J connectivity index is 1.83. The number of ether oxygens (including phenoxy) is 2. The fourth-order valence-electron chi connectivity index (χ4n) is 2.36. The number of thiazole rings is 1. The van der Waals surface area contributed by atoms with Crippen LogP contribution < -0.4 is 14.8 Å². The number of carbonyl (C=O) groups is 1. The summed E-state index contributed by atoms with van der Waals surface area (Å²) < 4.78 is 10.5. The first-order valence-electron chi connectivity index (χ1n) is 7.39. The van der Waals surface area contributed by atoms with Crippen LogP contribution in [0.5, 0.6) is 17.2 Å². The van der Waals surface area contributed by atoms with Crippen LogP contribution in [0.1, 0.15) is 10.4 Å². The first kappa shape index (κ1) is 16.8. The van der Waals surface area contributed by atoms with Crippen molar-refractivity contribution < 1.29 is 19.4 Å². The molecular formula is C18H16N2O4S. The van der Waals surface area contributed by atoms with Gasteiger partial charge in [0.2, 0.25) is 0 Å². The van der Waals surface area contributed by atoms with E-state index < -0.39 is 0 Å². The number of rotatable bonds is 5. The minimum Gasteiger partial charge on any atom is -0.508 e. The summed E-state index contributed by atoms with van der Waals surface area (Å²) in [6.45, 7) is 0. The van der Waals surface area contributed by atoms with E-state index in [1.54, 1.807) is 36.4 Å². The molecule has 0 unspecified atom stereocenters. The number of nitrogens with one attached hydrogen (secondary N) is 1. The highest BCUT2D eigenvalue weighted by molar-refractivity contribution is 7.14. The zero-order valence-corrected chi connectivity index (χ0v) is 14.5. The van der Waals surface area contributed by atoms with Crippen LogP contribution in [0.25, 0.3) is 11.3 Å². The second-order valence-electron chi connectivity index (χ2n) is 5.08. The lowest BCUT2D eigenvalue weighted by molar-refractivity contribution is 0.102. The van der Waals surface area contributed by atoms with E-state index in [4.69, 9.17) is 9.47 Å². The number of carbonyl (C=O) groups excluding carboxylic acids is 1. The van der Waals surface area contributed by atoms with E-state index in [0.717, 1.165) is 5.56 Å². The van der Waals surface area contributed by atoms with Crippen LogP contribution in [0, 0.1) is 0 Å². The molecule has 0 aliphatic heterocycles. The number of benzene rings is 2. The largest absolute Gasteiger partial charge is 0.508 e. The predicted octanol–water partition coefficient (Wildman–Crippen LogP) is 3.79. The van der Waals surface area contributed by atoms with Crippen LogP contribution in [0.3, 0.4) is 0 Å². The van der Waals surface area contributed by atoms with E-state index >= 15 is 0 Å². The molecule has 25 heavy (non-hydrogen) atoms. The van der Waals surface area contributed by atoms with Crippen LogP contribution in [-0.2, 0) is 0 Å². The van der Waals surface area contributed by atoms with E-state index in [9.17, 15) is 9.90 Å². The molecule has 1 aromatic heterocycles. The van der Waals surface area contributed by atoms with Crippen molar-refractivity contribution in [2.75, 3.05) is 19.5 Å². The summed E-state index contributed by atoms with van der Waals surface area (Å²) in [5.74, 6) is 0.673. The molecule has 0 aliphatic carbocycles. The van der Waals surface area contributed by atoms with Gasteiger partial charge in [-0.1, -0.05) is 18.2 Å². The second-order valence-corrected chi connectivity index (χ2v) is 5.94. The molecule has 2 N–H and O–H groups in total. The third-order valence-corrected chi connectivity index (χ3v) is 4.27. The van der Waals surface area contributed by atoms with Crippen molar-refractivity contribution >= 4 is 22.4 Å². The monoisotopic (exact) mass is 356 g/mol. The average Bonchev–Trinajstić information content (AvgIpc) is 3.09. The molecule has 0 bridgehead atoms. The lowest BCUT2D eigenvalue weighted by Crippen LogP contribution is -2.13. The van der Waals surface area contributed by atoms with Crippen molar-refractivity contribution in [1.82, 2.24) is 4.98 Å². The molecule has 0 saturated carbocycles. The Morgan fingerprint density at radius 3 is 2.68 bits per heavy atom. The highest BCUT2D eigenvalue weighted by atomic mass is 32.1. The summed E-state index contributed by atoms with van der Waals surface area (Å²) in [6.07, 6.45) is 0. The fourth-order valence-corrected chi connectivity index (χ4v) is 3.07. The average molecular weight is 356 g/mol. The van der Waals surface area contributed by atoms with Gasteiger partial charge in [-0.2, -0.15) is 0 Å². The zero-order chi connectivity index (χ0) is 17.8. The molecule has 0 atom stereocenters. The van der Waals surface area contributed by atoms with Gasteiger partial charge in [0, 0.05) is 10.9 Å². The Hall–Kier alpha value is -3.06. The minimum atomic E-state index is -0.340. The SMILES string of the molecule is COc1cccc(C(=O)Nc2nc(-c3cccc(O)c3)cs2)c1OC. The highest BCUT2D eigenvalue weighted by Crippen LogP contribution is 2.32. The lowest BCUT2D eigenvalue weighted by atomic mass is 10.1. The normalized spacial score (nSPS) is 10.3. The fraction of sp³-hybridized carbons (Fsp3) is 0.111. The minimum absolute atomic E-state index is 0.164. The predicted molar refractivity (Wildman–Crippen MR) is 96.7 cm³/mol. The Morgan fingerprint density at radius 2 is 1.96 bits per heavy atom. The standard InChI is InChI=1S/C18H16N2O4S/c1-23-15-8-4-7-13(16(15)24-2)17(22)20-18-19-14(10-25-18)11-5-3-6-12(21)9-11/h3-10,21H,1-2H3,(H,19,20,22). The Kier molecular flexibility index (Phi) is 4.85. The van der Waals surface area contributed by atoms with Crippen molar-refractivity contribution in [3.05, 3.63) is 53.4 Å². The molecule has 0 spiro atoms. The molecular weight excluding hydrogens is 340 g/mol. The van der Waals surface area contributed by atoms with Crippen molar-refractivity contribution in [1.29, 1.82) is 0 Å². The van der Waals surface area contributed by atoms with Crippen LogP contribution in [0.15, 0.2) is 47.8 Å². The van der Waals surface area contributed by atoms with Gasteiger partial charge in [0.05, 0.1) is 25.5 Å². The summed E-state index contributed by atoms with van der Waals surface area (Å²) >= 11 is 1.30. The molecule has 2 aromatic carbocycles. The quantitative estimate of drug-likeness (QED) is 0.727. The van der Waals surface area contributed by atoms with Gasteiger partial charge in [0.15, 0.2) is 16.6 Å². The molecule has 7 heteroatoms. The highest BCUT2D eigenvalue weighted by Gasteiger charge is 2.17. The van der Waals surface area contributed by atoms with Crippen molar-refractivity contribution in [2.24, 2.45) is 0 Å². The smallest absolute Gasteiger partial charge is 0.261 e. The summed E-state index contributed by atoms with van der Waals surface area (Å²) in [7, 11) is 3.00. The van der Waals surface area contributed by atoms with Crippen LogP contribution in [-0.4, -0.2) is 30.2 Å². The van der Waals surface area contributed by atoms with Crippen molar-refractivity contribution in [3.63, 3.8) is 0 Å². The Labute approximate surface area is 148 Å². The van der Waals surface area contributed by atoms with Gasteiger partial charge in [-0.25, -0.2) is 4.98 Å². The van der Waals surface area contributed by atoms with E-state index in [-0.39, 0.29) is 11.7 Å². The molecule has 0 radical (unpaired) electrons. The molecule has 3 aromatic rings. The maximum Gasteiger partial charge on any atom is 0.261 e. The number of hydrogen-bond donors (Lipinski definition) is 2. The van der Waals surface area contributed by atoms with Gasteiger partial charge >= 0.3 is 0 Å². The summed E-state index contributed by atoms with van der Waals surface area (Å²) in [5.41, 5.74) is 1.81. The number of aromatic nitrogens is 1. The molecule has 3 rings (SSSR count). The van der Waals surface area contributed by atoms with E-state index in [2.05, 4.69) is 10.3 Å². The number of amides is 1. The summed E-state index contributed by atoms with van der Waals surface area (Å²) in [5, 5.41) is 14.6. The summed E-state index contributed by atoms with van der Waals surface area (Å²) in [4.78, 5) is 16.9. The van der Waals surface area contributed by atoms with Crippen molar-refractivity contribution in [2.45, 2.75) is 0 Å². The van der Waals surface area contributed by atoms with E-state index in [1.807, 2.05) is 11.4 Å². The van der Waals surface area contributed by atoms with Gasteiger partial charge in [-0.05, 0) is 24.3 Å². The zero-order valence-electron chi connectivity index (χ0n) is 13.6. The third-order valence-electron chi connectivity index (χ3n) is 3.51. The van der Waals surface area contributed by atoms with Crippen molar-refractivity contribution in [3.8, 4) is 28.5 Å². The van der Waals surface area contributed by atoms with Crippen LogP contribution in [0.4, 0.5) is 5.13 Å². The maximum absolute atomic E-state index is 12.5. The topological polar surface area (TPSA) is 80.7 Å². The van der Waals surface area contributed by atoms with Gasteiger partial charge in [0.1, 0.15) is 5.75 Å². The first-order valence-corrected chi connectivity index (χ1v) is 8.27. The van der Waals surface area contributed by atoms with Gasteiger partial charge < -0.3 is 14.6 Å². The van der Waals surface area contributed by atoms with Crippen LogP contribution in [0.2, 0.25) is 0 Å². The Bertz CT molecular complexity index is 908. The number of anilines is 1. The maximum atomic E-state index is 12.5. The lowest BCUT2D eigenvalue weighted by Gasteiger charge is -2.11. The molecule has 0 saturated heterocycles. The number of phenols is 1. The third kappa shape index (κ3) is 3.56. The Morgan fingerprint density at radius 1 is 1.16 bits per heavy atom. The molecule has 0 aliphatic rings. The molecule has 128 valence electrons. The van der Waals surface area contributed by atoms with Crippen LogP contribution >= 0.6 is 11.3 Å². The number of aromatic hydroxyl groups is 1. The second kappa shape index (κ2) is 7.23. The van der Waals surface area contributed by atoms with E-state index in [1.165, 1.54) is 25.6 Å². The first-order chi connectivity index (χ1) is 12.1. The number of hydrogen-bond acceptors (Lipinski definition) is 6. The van der Waals surface area contributed by atoms with E-state index in [0.29, 0.717) is 27.9 Å². The summed E-state index contributed by atoms with van der Waals surface area (Å²) in [6, 6.07) is 11.9. The van der Waals surface area contributed by atoms with Gasteiger partial charge in [-0.3, -0.25) is 10.1 Å². The molecule has 0 fully saturated rings. The number of methoxy groups -OCH3 is 2. The number of para-hydroxylation sites is 1. The molecule has 1 heterocycles. The van der Waals surface area contributed by atoms with Gasteiger partial charge in [0.25, 0.3) is 5.91 Å². The molecule has 6 nitrogen and oxygen atoms in total. The van der Waals surface area contributed by atoms with Gasteiger partial charge in [-0.15, -0.1) is 11.3 Å². The molecule has 1 amide bonds. The number of phenolic OH excluding ortho intramolecular Hbond substituents is 1.